The zero-order chi connectivity index (χ0) is 16.6. The van der Waals surface area contributed by atoms with Crippen LogP contribution in [0, 0.1) is 27.7 Å². The summed E-state index contributed by atoms with van der Waals surface area (Å²) < 4.78 is 0. The highest BCUT2D eigenvalue weighted by Crippen LogP contribution is 2.27. The van der Waals surface area contributed by atoms with Gasteiger partial charge in [-0.15, -0.1) is 0 Å². The molecule has 0 radical (unpaired) electrons. The van der Waals surface area contributed by atoms with Gasteiger partial charge in [0.25, 0.3) is 11.8 Å². The van der Waals surface area contributed by atoms with Crippen molar-refractivity contribution in [3.05, 3.63) is 22.3 Å². The fourth-order valence-electron chi connectivity index (χ4n) is 2.46. The number of fused-ring (bicyclic) bond motifs is 1. The van der Waals surface area contributed by atoms with E-state index < -0.39 is 17.9 Å². The van der Waals surface area contributed by atoms with Crippen molar-refractivity contribution in [1.29, 1.82) is 0 Å². The molecule has 0 aliphatic heterocycles. The largest absolute Gasteiger partial charge is 0.357 e. The molecule has 7 nitrogen and oxygen atoms in total. The summed E-state index contributed by atoms with van der Waals surface area (Å²) in [6.07, 6.45) is 0. The standard InChI is InChI=1S/C15H21N5O2/c1-7-8(2)10(4)12-11(9(7)3)18-20(19-12)13(14(21)16-5)15(22)17-6/h13H,1-6H3,(H,16,21)(H,17,22). The first-order valence-corrected chi connectivity index (χ1v) is 7.09. The van der Waals surface area contributed by atoms with Gasteiger partial charge in [-0.2, -0.15) is 15.0 Å². The van der Waals surface area contributed by atoms with Gasteiger partial charge in [0.1, 0.15) is 11.0 Å². The number of rotatable bonds is 3. The van der Waals surface area contributed by atoms with E-state index in [0.29, 0.717) is 0 Å². The summed E-state index contributed by atoms with van der Waals surface area (Å²) in [6.45, 7) is 8.01. The summed E-state index contributed by atoms with van der Waals surface area (Å²) in [5.74, 6) is -0.910. The van der Waals surface area contributed by atoms with Crippen LogP contribution in [0.3, 0.4) is 0 Å². The minimum Gasteiger partial charge on any atom is -0.357 e. The monoisotopic (exact) mass is 303 g/mol. The van der Waals surface area contributed by atoms with E-state index in [4.69, 9.17) is 0 Å². The highest BCUT2D eigenvalue weighted by molar-refractivity contribution is 6.02. The maximum atomic E-state index is 12.0. The topological polar surface area (TPSA) is 88.9 Å². The van der Waals surface area contributed by atoms with Crippen molar-refractivity contribution in [3.8, 4) is 0 Å². The molecule has 0 saturated heterocycles. The van der Waals surface area contributed by atoms with Gasteiger partial charge >= 0.3 is 0 Å². The molecule has 0 unspecified atom stereocenters. The van der Waals surface area contributed by atoms with E-state index in [1.807, 2.05) is 27.7 Å². The number of benzene rings is 1. The summed E-state index contributed by atoms with van der Waals surface area (Å²) in [6, 6.07) is -1.12. The molecule has 0 fully saturated rings. The van der Waals surface area contributed by atoms with Gasteiger partial charge < -0.3 is 10.6 Å². The van der Waals surface area contributed by atoms with Crippen LogP contribution < -0.4 is 10.6 Å². The molecule has 22 heavy (non-hydrogen) atoms. The number of hydrogen-bond acceptors (Lipinski definition) is 4. The van der Waals surface area contributed by atoms with Gasteiger partial charge in [0, 0.05) is 14.1 Å². The molecule has 0 bridgehead atoms. The lowest BCUT2D eigenvalue weighted by molar-refractivity contribution is -0.134. The smallest absolute Gasteiger partial charge is 0.256 e. The van der Waals surface area contributed by atoms with Crippen LogP contribution in [0.1, 0.15) is 28.3 Å². The van der Waals surface area contributed by atoms with E-state index in [0.717, 1.165) is 33.3 Å². The summed E-state index contributed by atoms with van der Waals surface area (Å²) >= 11 is 0. The van der Waals surface area contributed by atoms with Gasteiger partial charge in [-0.3, -0.25) is 9.59 Å². The van der Waals surface area contributed by atoms with Gasteiger partial charge in [0.05, 0.1) is 0 Å². The Morgan fingerprint density at radius 3 is 1.50 bits per heavy atom. The summed E-state index contributed by atoms with van der Waals surface area (Å²) in [4.78, 5) is 25.2. The van der Waals surface area contributed by atoms with E-state index in [9.17, 15) is 9.59 Å². The summed E-state index contributed by atoms with van der Waals surface area (Å²) in [5.41, 5.74) is 5.76. The Bertz CT molecular complexity index is 702. The average molecular weight is 303 g/mol. The Kier molecular flexibility index (Phi) is 4.16. The first-order chi connectivity index (χ1) is 10.3. The van der Waals surface area contributed by atoms with Crippen LogP contribution in [0.25, 0.3) is 11.0 Å². The first-order valence-electron chi connectivity index (χ1n) is 7.09. The molecule has 2 rings (SSSR count). The molecular formula is C15H21N5O2. The van der Waals surface area contributed by atoms with Crippen LogP contribution in [0.15, 0.2) is 0 Å². The molecule has 0 aliphatic carbocycles. The number of likely N-dealkylation sites (N-methyl/N-ethyl adjacent to an activating group) is 2. The van der Waals surface area contributed by atoms with Crippen LogP contribution in [0.2, 0.25) is 0 Å². The quantitative estimate of drug-likeness (QED) is 0.817. The van der Waals surface area contributed by atoms with Crippen molar-refractivity contribution in [3.63, 3.8) is 0 Å². The van der Waals surface area contributed by atoms with Gasteiger partial charge in [0.15, 0.2) is 0 Å². The van der Waals surface area contributed by atoms with Gasteiger partial charge in [-0.1, -0.05) is 0 Å². The lowest BCUT2D eigenvalue weighted by Crippen LogP contribution is -2.41. The second-order valence-corrected chi connectivity index (χ2v) is 5.35. The zero-order valence-electron chi connectivity index (χ0n) is 13.7. The highest BCUT2D eigenvalue weighted by Gasteiger charge is 2.30. The molecule has 0 atom stereocenters. The van der Waals surface area contributed by atoms with Gasteiger partial charge in [-0.25, -0.2) is 0 Å². The first kappa shape index (κ1) is 15.9. The fraction of sp³-hybridized carbons (Fsp3) is 0.467. The molecule has 1 heterocycles. The minimum atomic E-state index is -1.12. The lowest BCUT2D eigenvalue weighted by Gasteiger charge is -2.12. The second kappa shape index (κ2) is 5.75. The van der Waals surface area contributed by atoms with Crippen LogP contribution in [0.4, 0.5) is 0 Å². The molecule has 2 aromatic rings. The van der Waals surface area contributed by atoms with Crippen LogP contribution in [-0.2, 0) is 9.59 Å². The third kappa shape index (κ3) is 2.32. The van der Waals surface area contributed by atoms with Crippen molar-refractivity contribution >= 4 is 22.8 Å². The highest BCUT2D eigenvalue weighted by atomic mass is 16.2. The number of carbonyl (C=O) groups excluding carboxylic acids is 2. The Morgan fingerprint density at radius 2 is 1.18 bits per heavy atom. The van der Waals surface area contributed by atoms with Crippen LogP contribution in [-0.4, -0.2) is 40.9 Å². The fourth-order valence-corrected chi connectivity index (χ4v) is 2.46. The molecule has 2 amide bonds. The number of hydrogen-bond donors (Lipinski definition) is 2. The Morgan fingerprint density at radius 1 is 0.818 bits per heavy atom. The number of carbonyl (C=O) groups is 2. The lowest BCUT2D eigenvalue weighted by atomic mass is 9.98. The molecule has 0 saturated carbocycles. The normalized spacial score (nSPS) is 11.0. The number of aryl methyl sites for hydroxylation is 2. The summed E-state index contributed by atoms with van der Waals surface area (Å²) in [7, 11) is 2.96. The number of aromatic nitrogens is 3. The van der Waals surface area contributed by atoms with E-state index >= 15 is 0 Å². The SMILES string of the molecule is CNC(=O)C(C(=O)NC)n1nc2c(C)c(C)c(C)c(C)c2n1. The Balaban J connectivity index is 2.71. The number of amides is 2. The predicted octanol–water partition coefficient (Wildman–Crippen LogP) is 0.698. The van der Waals surface area contributed by atoms with E-state index in [1.165, 1.54) is 18.9 Å². The van der Waals surface area contributed by atoms with Crippen molar-refractivity contribution in [2.75, 3.05) is 14.1 Å². The predicted molar refractivity (Wildman–Crippen MR) is 83.6 cm³/mol. The molecular weight excluding hydrogens is 282 g/mol. The second-order valence-electron chi connectivity index (χ2n) is 5.35. The van der Waals surface area contributed by atoms with Crippen molar-refractivity contribution < 1.29 is 9.59 Å². The average Bonchev–Trinajstić information content (AvgIpc) is 2.95. The Hall–Kier alpha value is -2.44. The van der Waals surface area contributed by atoms with E-state index in [-0.39, 0.29) is 0 Å². The number of nitrogens with zero attached hydrogens (tertiary/aromatic N) is 3. The molecule has 7 heteroatoms. The van der Waals surface area contributed by atoms with E-state index in [2.05, 4.69) is 20.8 Å². The van der Waals surface area contributed by atoms with Crippen molar-refractivity contribution in [2.45, 2.75) is 33.7 Å². The maximum absolute atomic E-state index is 12.0. The van der Waals surface area contributed by atoms with Crippen molar-refractivity contribution in [2.24, 2.45) is 0 Å². The third-order valence-electron chi connectivity index (χ3n) is 4.25. The molecule has 0 spiro atoms. The van der Waals surface area contributed by atoms with Crippen molar-refractivity contribution in [1.82, 2.24) is 25.6 Å². The zero-order valence-corrected chi connectivity index (χ0v) is 13.7. The maximum Gasteiger partial charge on any atom is 0.256 e. The van der Waals surface area contributed by atoms with Crippen LogP contribution >= 0.6 is 0 Å². The molecule has 1 aromatic heterocycles. The third-order valence-corrected chi connectivity index (χ3v) is 4.25. The van der Waals surface area contributed by atoms with E-state index in [1.54, 1.807) is 0 Å². The molecule has 0 aliphatic rings. The Labute approximate surface area is 129 Å². The molecule has 2 N–H and O–H groups in total. The molecule has 1 aromatic carbocycles. The van der Waals surface area contributed by atoms with Gasteiger partial charge in [-0.05, 0) is 49.9 Å². The van der Waals surface area contributed by atoms with Crippen LogP contribution in [0.5, 0.6) is 0 Å². The minimum absolute atomic E-state index is 0.455. The summed E-state index contributed by atoms with van der Waals surface area (Å²) in [5, 5.41) is 13.7. The number of nitrogens with one attached hydrogen (secondary N) is 2. The van der Waals surface area contributed by atoms with Gasteiger partial charge in [0.2, 0.25) is 6.04 Å². The molecule has 118 valence electrons.